The molecule has 1 unspecified atom stereocenters. The van der Waals surface area contributed by atoms with Crippen LogP contribution in [0, 0.1) is 5.92 Å². The molecule has 0 saturated heterocycles. The number of rotatable bonds is 2. The molecule has 58 valence electrons. The van der Waals surface area contributed by atoms with Gasteiger partial charge in [-0.25, -0.2) is 0 Å². The molecule has 10 heavy (non-hydrogen) atoms. The molecule has 0 aliphatic heterocycles. The Morgan fingerprint density at radius 1 is 1.60 bits per heavy atom. The Morgan fingerprint density at radius 3 is 2.90 bits per heavy atom. The van der Waals surface area contributed by atoms with Gasteiger partial charge in [-0.1, -0.05) is 31.9 Å². The van der Waals surface area contributed by atoms with Gasteiger partial charge in [0.2, 0.25) is 0 Å². The third-order valence-electron chi connectivity index (χ3n) is 2.34. The zero-order valence-corrected chi connectivity index (χ0v) is 7.19. The minimum Gasteiger partial charge on any atom is -0.0851 e. The molecule has 1 rings (SSSR count). The Labute approximate surface area is 64.3 Å². The molecule has 0 saturated carbocycles. The fourth-order valence-corrected chi connectivity index (χ4v) is 1.57. The first kappa shape index (κ1) is 7.84. The maximum atomic E-state index is 2.46. The lowest BCUT2D eigenvalue weighted by Crippen LogP contribution is -2.00. The predicted molar refractivity (Wildman–Crippen MR) is 46.0 cm³/mol. The molecule has 0 aromatic rings. The second-order valence-corrected chi connectivity index (χ2v) is 3.49. The lowest BCUT2D eigenvalue weighted by molar-refractivity contribution is 0.505. The molecule has 0 fully saturated rings. The van der Waals surface area contributed by atoms with E-state index in [-0.39, 0.29) is 0 Å². The summed E-state index contributed by atoms with van der Waals surface area (Å²) in [6.07, 6.45) is 9.24. The standard InChI is InChI=1S/C10H18/c1-3-4-10-7-5-9(2)6-8-10/h7,9H,3-6,8H2,1-2H3. The first-order valence-corrected chi connectivity index (χ1v) is 4.50. The minimum atomic E-state index is 0.945. The molecule has 0 aromatic carbocycles. The molecule has 0 radical (unpaired) electrons. The highest BCUT2D eigenvalue weighted by Gasteiger charge is 2.08. The Balaban J connectivity index is 2.33. The summed E-state index contributed by atoms with van der Waals surface area (Å²) in [5, 5.41) is 0. The van der Waals surface area contributed by atoms with E-state index in [1.54, 1.807) is 5.57 Å². The summed E-state index contributed by atoms with van der Waals surface area (Å²) in [6, 6.07) is 0. The molecule has 0 spiro atoms. The van der Waals surface area contributed by atoms with Crippen LogP contribution in [0.5, 0.6) is 0 Å². The molecule has 0 nitrogen and oxygen atoms in total. The number of allylic oxidation sites excluding steroid dienone is 2. The van der Waals surface area contributed by atoms with Crippen LogP contribution in [0.4, 0.5) is 0 Å². The van der Waals surface area contributed by atoms with Gasteiger partial charge in [-0.05, 0) is 31.6 Å². The van der Waals surface area contributed by atoms with E-state index in [2.05, 4.69) is 19.9 Å². The van der Waals surface area contributed by atoms with Crippen LogP contribution in [0.15, 0.2) is 11.6 Å². The van der Waals surface area contributed by atoms with E-state index in [9.17, 15) is 0 Å². The average molecular weight is 138 g/mol. The van der Waals surface area contributed by atoms with Crippen molar-refractivity contribution in [3.8, 4) is 0 Å². The van der Waals surface area contributed by atoms with Gasteiger partial charge in [-0.3, -0.25) is 0 Å². The van der Waals surface area contributed by atoms with Crippen molar-refractivity contribution < 1.29 is 0 Å². The Hall–Kier alpha value is -0.260. The average Bonchev–Trinajstić information content (AvgIpc) is 1.95. The van der Waals surface area contributed by atoms with Crippen LogP contribution in [-0.2, 0) is 0 Å². The fraction of sp³-hybridized carbons (Fsp3) is 0.800. The minimum absolute atomic E-state index is 0.945. The molecule has 1 aliphatic carbocycles. The van der Waals surface area contributed by atoms with Crippen LogP contribution < -0.4 is 0 Å². The van der Waals surface area contributed by atoms with E-state index < -0.39 is 0 Å². The van der Waals surface area contributed by atoms with E-state index in [0.29, 0.717) is 0 Å². The SMILES string of the molecule is CCCC1=CCC(C)CC1. The number of hydrogen-bond donors (Lipinski definition) is 0. The van der Waals surface area contributed by atoms with E-state index >= 15 is 0 Å². The van der Waals surface area contributed by atoms with Crippen molar-refractivity contribution in [2.45, 2.75) is 46.0 Å². The molecule has 0 heterocycles. The van der Waals surface area contributed by atoms with Crippen molar-refractivity contribution in [2.75, 3.05) is 0 Å². The fourth-order valence-electron chi connectivity index (χ4n) is 1.57. The zero-order valence-electron chi connectivity index (χ0n) is 7.19. The quantitative estimate of drug-likeness (QED) is 0.512. The van der Waals surface area contributed by atoms with Gasteiger partial charge in [0.05, 0.1) is 0 Å². The lowest BCUT2D eigenvalue weighted by atomic mass is 9.89. The summed E-state index contributed by atoms with van der Waals surface area (Å²) in [7, 11) is 0. The first-order valence-electron chi connectivity index (χ1n) is 4.50. The molecule has 1 atom stereocenters. The molecular formula is C10H18. The molecule has 0 N–H and O–H groups in total. The monoisotopic (exact) mass is 138 g/mol. The van der Waals surface area contributed by atoms with E-state index in [4.69, 9.17) is 0 Å². The summed E-state index contributed by atoms with van der Waals surface area (Å²) in [5.41, 5.74) is 1.71. The zero-order chi connectivity index (χ0) is 7.40. The highest BCUT2D eigenvalue weighted by molar-refractivity contribution is 5.05. The Bertz CT molecular complexity index is 122. The van der Waals surface area contributed by atoms with Crippen molar-refractivity contribution in [3.05, 3.63) is 11.6 Å². The number of hydrogen-bond acceptors (Lipinski definition) is 0. The summed E-state index contributed by atoms with van der Waals surface area (Å²) < 4.78 is 0. The van der Waals surface area contributed by atoms with Gasteiger partial charge in [-0.2, -0.15) is 0 Å². The van der Waals surface area contributed by atoms with Gasteiger partial charge in [0.1, 0.15) is 0 Å². The summed E-state index contributed by atoms with van der Waals surface area (Å²) in [6.45, 7) is 4.61. The predicted octanol–water partition coefficient (Wildman–Crippen LogP) is 3.53. The lowest BCUT2D eigenvalue weighted by Gasteiger charge is -2.17. The van der Waals surface area contributed by atoms with E-state index in [1.807, 2.05) is 0 Å². The van der Waals surface area contributed by atoms with Gasteiger partial charge < -0.3 is 0 Å². The van der Waals surface area contributed by atoms with Crippen molar-refractivity contribution in [2.24, 2.45) is 5.92 Å². The van der Waals surface area contributed by atoms with Gasteiger partial charge in [0.25, 0.3) is 0 Å². The Kier molecular flexibility index (Phi) is 2.98. The summed E-state index contributed by atoms with van der Waals surface area (Å²) in [4.78, 5) is 0. The highest BCUT2D eigenvalue weighted by Crippen LogP contribution is 2.25. The first-order chi connectivity index (χ1) is 4.83. The van der Waals surface area contributed by atoms with Crippen LogP contribution in [0.3, 0.4) is 0 Å². The van der Waals surface area contributed by atoms with Gasteiger partial charge in [-0.15, -0.1) is 0 Å². The molecule has 0 bridgehead atoms. The maximum absolute atomic E-state index is 2.46. The van der Waals surface area contributed by atoms with Crippen LogP contribution in [0.2, 0.25) is 0 Å². The van der Waals surface area contributed by atoms with Crippen LogP contribution in [0.25, 0.3) is 0 Å². The largest absolute Gasteiger partial charge is 0.0851 e. The molecular weight excluding hydrogens is 120 g/mol. The van der Waals surface area contributed by atoms with Crippen molar-refractivity contribution in [3.63, 3.8) is 0 Å². The van der Waals surface area contributed by atoms with Crippen molar-refractivity contribution in [1.29, 1.82) is 0 Å². The van der Waals surface area contributed by atoms with Crippen LogP contribution >= 0.6 is 0 Å². The van der Waals surface area contributed by atoms with Crippen molar-refractivity contribution >= 4 is 0 Å². The normalized spacial score (nSPS) is 26.2. The van der Waals surface area contributed by atoms with E-state index in [1.165, 1.54) is 32.1 Å². The molecule has 1 aliphatic rings. The third-order valence-corrected chi connectivity index (χ3v) is 2.34. The van der Waals surface area contributed by atoms with Gasteiger partial charge in [0, 0.05) is 0 Å². The van der Waals surface area contributed by atoms with Gasteiger partial charge >= 0.3 is 0 Å². The van der Waals surface area contributed by atoms with Crippen LogP contribution in [0.1, 0.15) is 46.0 Å². The second kappa shape index (κ2) is 3.80. The molecule has 0 aromatic heterocycles. The van der Waals surface area contributed by atoms with Crippen LogP contribution in [-0.4, -0.2) is 0 Å². The van der Waals surface area contributed by atoms with E-state index in [0.717, 1.165) is 5.92 Å². The summed E-state index contributed by atoms with van der Waals surface area (Å²) >= 11 is 0. The maximum Gasteiger partial charge on any atom is -0.0318 e. The Morgan fingerprint density at radius 2 is 2.40 bits per heavy atom. The molecule has 0 heteroatoms. The van der Waals surface area contributed by atoms with Gasteiger partial charge in [0.15, 0.2) is 0 Å². The third kappa shape index (κ3) is 2.17. The topological polar surface area (TPSA) is 0 Å². The second-order valence-electron chi connectivity index (χ2n) is 3.49. The highest BCUT2D eigenvalue weighted by atomic mass is 14.1. The molecule has 0 amide bonds. The van der Waals surface area contributed by atoms with Crippen molar-refractivity contribution in [1.82, 2.24) is 0 Å². The summed E-state index contributed by atoms with van der Waals surface area (Å²) in [5.74, 6) is 0.945. The smallest absolute Gasteiger partial charge is 0.0318 e.